The molecule has 0 saturated carbocycles. The van der Waals surface area contributed by atoms with Gasteiger partial charge >= 0.3 is 23.2 Å². The van der Waals surface area contributed by atoms with E-state index in [9.17, 15) is 28.3 Å². The van der Waals surface area contributed by atoms with Crippen LogP contribution in [0.1, 0.15) is 50.8 Å². The number of carbonyl (C=O) groups excluding carboxylic acids is 1. The molecule has 3 unspecified atom stereocenters. The van der Waals surface area contributed by atoms with Gasteiger partial charge in [0, 0.05) is 17.8 Å². The molecule has 186 valence electrons. The lowest BCUT2D eigenvalue weighted by molar-refractivity contribution is -0.0460. The van der Waals surface area contributed by atoms with E-state index in [2.05, 4.69) is 18.6 Å². The second kappa shape index (κ2) is 8.87. The fraction of sp³-hybridized carbons (Fsp3) is 0.688. The molecule has 0 aliphatic carbocycles. The molecule has 3 heterocycles. The van der Waals surface area contributed by atoms with Crippen LogP contribution in [0.2, 0.25) is 0 Å². The molecule has 0 radical (unpaired) electrons. The number of hydrogen-bond donors (Lipinski definition) is 3. The average Bonchev–Trinajstić information content (AvgIpc) is 3.10. The Kier molecular flexibility index (Phi) is 7.14. The molecule has 33 heavy (non-hydrogen) atoms. The summed E-state index contributed by atoms with van der Waals surface area (Å²) in [5.74, 6) is -0.0676. The van der Waals surface area contributed by atoms with Crippen molar-refractivity contribution in [1.29, 1.82) is 0 Å². The minimum Gasteiger partial charge on any atom is -0.351 e. The van der Waals surface area contributed by atoms with Gasteiger partial charge in [0.25, 0.3) is 0 Å². The molecule has 0 amide bonds. The smallest absolute Gasteiger partial charge is 0.351 e. The number of phosphoric acid groups is 2. The first-order valence-corrected chi connectivity index (χ1v) is 14.8. The lowest BCUT2D eigenvalue weighted by Crippen LogP contribution is -2.29. The fourth-order valence-corrected chi connectivity index (χ4v) is 7.15. The largest absolute Gasteiger partial charge is 0.488 e. The van der Waals surface area contributed by atoms with Crippen molar-refractivity contribution < 1.29 is 51.1 Å². The van der Waals surface area contributed by atoms with Gasteiger partial charge < -0.3 is 19.4 Å². The predicted octanol–water partition coefficient (Wildman–Crippen LogP) is 3.19. The van der Waals surface area contributed by atoms with E-state index in [1.54, 1.807) is 11.5 Å². The van der Waals surface area contributed by atoms with Crippen LogP contribution in [0.3, 0.4) is 0 Å². The van der Waals surface area contributed by atoms with E-state index in [0.29, 0.717) is 18.2 Å². The number of hydrogen-bond acceptors (Lipinski definition) is 10. The predicted molar refractivity (Wildman–Crippen MR) is 114 cm³/mol. The zero-order valence-electron chi connectivity index (χ0n) is 18.5. The van der Waals surface area contributed by atoms with Crippen molar-refractivity contribution >= 4 is 40.6 Å². The maximum absolute atomic E-state index is 12.3. The van der Waals surface area contributed by atoms with Crippen molar-refractivity contribution in [3.63, 3.8) is 0 Å². The van der Waals surface area contributed by atoms with Crippen LogP contribution in [0.15, 0.2) is 11.3 Å². The van der Waals surface area contributed by atoms with E-state index in [0.717, 1.165) is 0 Å². The summed E-state index contributed by atoms with van der Waals surface area (Å²) in [4.78, 5) is 49.1. The highest BCUT2D eigenvalue weighted by atomic mass is 31.3. The highest BCUT2D eigenvalue weighted by Gasteiger charge is 2.51. The summed E-state index contributed by atoms with van der Waals surface area (Å²) in [6.07, 6.45) is 0.196. The molecule has 1 fully saturated rings. The van der Waals surface area contributed by atoms with Crippen LogP contribution in [0.25, 0.3) is 0 Å². The third-order valence-corrected chi connectivity index (χ3v) is 9.70. The zero-order valence-corrected chi connectivity index (χ0v) is 21.2. The van der Waals surface area contributed by atoms with E-state index in [-0.39, 0.29) is 23.8 Å². The highest BCUT2D eigenvalue weighted by Crippen LogP contribution is 2.66. The summed E-state index contributed by atoms with van der Waals surface area (Å²) < 4.78 is 55.4. The van der Waals surface area contributed by atoms with Gasteiger partial charge in [-0.1, -0.05) is 20.8 Å². The average molecular weight is 529 g/mol. The quantitative estimate of drug-likeness (QED) is 0.417. The Morgan fingerprint density at radius 1 is 1.21 bits per heavy atom. The number of rotatable bonds is 8. The van der Waals surface area contributed by atoms with Crippen LogP contribution in [0.4, 0.5) is 5.82 Å². The Morgan fingerprint density at radius 2 is 1.85 bits per heavy atom. The SMILES string of the molecule is CC1=Nc2c(ncn2[C@@H]2O[C@H](COP(=O)(O)OP(=O)(O)OP(C)(=O)O)[C@@H](C)C2(C)C)C(=O)C1. The van der Waals surface area contributed by atoms with Crippen LogP contribution < -0.4 is 0 Å². The number of fused-ring (bicyclic) bond motifs is 1. The topological polar surface area (TPSA) is 196 Å². The molecule has 1 saturated heterocycles. The lowest BCUT2D eigenvalue weighted by Gasteiger charge is -2.30. The van der Waals surface area contributed by atoms with Gasteiger partial charge in [-0.15, -0.1) is 0 Å². The summed E-state index contributed by atoms with van der Waals surface area (Å²) in [6.45, 7) is 7.41. The number of imidazole rings is 1. The van der Waals surface area contributed by atoms with E-state index < -0.39 is 47.6 Å². The minimum atomic E-state index is -5.37. The van der Waals surface area contributed by atoms with Gasteiger partial charge in [0.1, 0.15) is 6.23 Å². The van der Waals surface area contributed by atoms with Gasteiger partial charge in [-0.3, -0.25) is 18.5 Å². The number of aromatic nitrogens is 2. The molecule has 1 aromatic heterocycles. The molecule has 2 aliphatic rings. The van der Waals surface area contributed by atoms with Gasteiger partial charge in [0.15, 0.2) is 17.3 Å². The second-order valence-electron chi connectivity index (χ2n) is 8.61. The van der Waals surface area contributed by atoms with Gasteiger partial charge in [0.05, 0.1) is 25.5 Å². The van der Waals surface area contributed by atoms with E-state index >= 15 is 0 Å². The van der Waals surface area contributed by atoms with Crippen LogP contribution in [-0.2, 0) is 31.6 Å². The Morgan fingerprint density at radius 3 is 2.45 bits per heavy atom. The third kappa shape index (κ3) is 5.97. The Hall–Kier alpha value is -1.04. The molecule has 1 aromatic rings. The van der Waals surface area contributed by atoms with Crippen molar-refractivity contribution in [2.24, 2.45) is 16.3 Å². The van der Waals surface area contributed by atoms with Gasteiger partial charge in [-0.05, 0) is 12.8 Å². The maximum Gasteiger partial charge on any atom is 0.488 e. The number of nitrogens with zero attached hydrogens (tertiary/aromatic N) is 3. The van der Waals surface area contributed by atoms with Crippen molar-refractivity contribution in [3.05, 3.63) is 12.0 Å². The van der Waals surface area contributed by atoms with Crippen molar-refractivity contribution in [2.75, 3.05) is 13.3 Å². The molecule has 0 aromatic carbocycles. The van der Waals surface area contributed by atoms with E-state index in [1.807, 2.05) is 20.8 Å². The molecular weight excluding hydrogens is 503 g/mol. The zero-order chi connectivity index (χ0) is 25.0. The first-order chi connectivity index (χ1) is 14.9. The summed E-state index contributed by atoms with van der Waals surface area (Å²) in [5, 5.41) is 0. The standard InChI is InChI=1S/C16H26N3O11P3/c1-9-6-11(20)13-14(18-9)19(8-17-13)15-16(3,4)10(2)12(28-15)7-27-32(23,24)30-33(25,26)29-31(5,21)22/h8,10,12,15H,6-7H2,1-5H3,(H,21,22)(H,23,24)(H,25,26)/t10-,12-,15-/m1/s1. The minimum absolute atomic E-state index is 0.159. The monoisotopic (exact) mass is 529 g/mol. The van der Waals surface area contributed by atoms with E-state index in [4.69, 9.17) is 14.2 Å². The summed E-state index contributed by atoms with van der Waals surface area (Å²) in [5.41, 5.74) is 0.288. The van der Waals surface area contributed by atoms with Crippen LogP contribution >= 0.6 is 23.2 Å². The van der Waals surface area contributed by atoms with Crippen molar-refractivity contribution in [3.8, 4) is 0 Å². The Labute approximate surface area is 189 Å². The molecule has 0 bridgehead atoms. The first-order valence-electron chi connectivity index (χ1n) is 9.74. The van der Waals surface area contributed by atoms with Gasteiger partial charge in [0.2, 0.25) is 0 Å². The number of ether oxygens (including phenoxy) is 1. The molecule has 0 spiro atoms. The molecule has 3 rings (SSSR count). The van der Waals surface area contributed by atoms with Gasteiger partial charge in [-0.2, -0.15) is 4.31 Å². The lowest BCUT2D eigenvalue weighted by atomic mass is 9.78. The molecule has 6 atom stereocenters. The number of carbonyl (C=O) groups is 1. The Bertz CT molecular complexity index is 1120. The summed E-state index contributed by atoms with van der Waals surface area (Å²) >= 11 is 0. The highest BCUT2D eigenvalue weighted by molar-refractivity contribution is 7.68. The van der Waals surface area contributed by atoms with Crippen molar-refractivity contribution in [1.82, 2.24) is 9.55 Å². The summed E-state index contributed by atoms with van der Waals surface area (Å²) in [7, 11) is -15.0. The summed E-state index contributed by atoms with van der Waals surface area (Å²) in [6, 6.07) is 0. The van der Waals surface area contributed by atoms with Crippen LogP contribution in [0, 0.1) is 11.3 Å². The van der Waals surface area contributed by atoms with Crippen molar-refractivity contribution in [2.45, 2.75) is 46.4 Å². The fourth-order valence-electron chi connectivity index (χ4n) is 3.67. The maximum atomic E-state index is 12.3. The number of ketones is 1. The van der Waals surface area contributed by atoms with Crippen LogP contribution in [0.5, 0.6) is 0 Å². The molecule has 17 heteroatoms. The molecule has 2 aliphatic heterocycles. The molecular formula is C16H26N3O11P3. The van der Waals surface area contributed by atoms with Gasteiger partial charge in [-0.25, -0.2) is 23.4 Å². The number of aliphatic imine (C=N–C) groups is 1. The second-order valence-corrected chi connectivity index (χ2v) is 13.7. The Balaban J connectivity index is 1.75. The normalized spacial score (nSPS) is 30.1. The number of Topliss-reactive ketones (excluding diaryl/α,β-unsaturated/α-hetero) is 1. The first kappa shape index (κ1) is 26.6. The third-order valence-electron chi connectivity index (χ3n) is 5.53. The molecule has 3 N–H and O–H groups in total. The molecule has 14 nitrogen and oxygen atoms in total. The number of phosphoric ester groups is 1. The van der Waals surface area contributed by atoms with Crippen LogP contribution in [-0.4, -0.2) is 55.1 Å². The van der Waals surface area contributed by atoms with E-state index in [1.165, 1.54) is 6.33 Å².